The Bertz CT molecular complexity index is 626. The van der Waals surface area contributed by atoms with Crippen LogP contribution in [0.3, 0.4) is 0 Å². The number of nitrogens with zero attached hydrogens (tertiary/aromatic N) is 3. The summed E-state index contributed by atoms with van der Waals surface area (Å²) in [6, 6.07) is 7.40. The number of carbonyl (C=O) groups excluding carboxylic acids is 1. The van der Waals surface area contributed by atoms with E-state index in [2.05, 4.69) is 34.0 Å². The van der Waals surface area contributed by atoms with Gasteiger partial charge in [-0.05, 0) is 25.5 Å². The van der Waals surface area contributed by atoms with Crippen molar-refractivity contribution in [3.05, 3.63) is 52.9 Å². The third kappa shape index (κ3) is 3.95. The summed E-state index contributed by atoms with van der Waals surface area (Å²) in [6.07, 6.45) is 3.12. The summed E-state index contributed by atoms with van der Waals surface area (Å²) in [6.45, 7) is 6.16. The summed E-state index contributed by atoms with van der Waals surface area (Å²) in [7, 11) is 0. The van der Waals surface area contributed by atoms with Gasteiger partial charge in [0, 0.05) is 24.7 Å². The van der Waals surface area contributed by atoms with Crippen molar-refractivity contribution in [2.75, 3.05) is 18.0 Å². The van der Waals surface area contributed by atoms with Crippen molar-refractivity contribution in [3.8, 4) is 0 Å². The van der Waals surface area contributed by atoms with Gasteiger partial charge in [0.15, 0.2) is 0 Å². The van der Waals surface area contributed by atoms with Gasteiger partial charge in [-0.3, -0.25) is 4.79 Å². The summed E-state index contributed by atoms with van der Waals surface area (Å²) >= 11 is 6.06. The Hall–Kier alpha value is -2.14. The van der Waals surface area contributed by atoms with Crippen LogP contribution in [-0.2, 0) is 6.54 Å². The number of amides is 1. The summed E-state index contributed by atoms with van der Waals surface area (Å²) in [5.41, 5.74) is 1.16. The van der Waals surface area contributed by atoms with Crippen molar-refractivity contribution >= 4 is 23.3 Å². The first-order valence-electron chi connectivity index (χ1n) is 7.24. The molecule has 5 nitrogen and oxygen atoms in total. The Balaban J connectivity index is 2.00. The van der Waals surface area contributed by atoms with E-state index in [1.807, 2.05) is 18.2 Å². The highest BCUT2D eigenvalue weighted by Crippen LogP contribution is 2.14. The molecule has 1 amide bonds. The molecule has 0 atom stereocenters. The minimum Gasteiger partial charge on any atom is -0.356 e. The molecular formula is C16H19ClN4O. The number of anilines is 1. The standard InChI is InChI=1S/C16H19ClN4O/c1-3-21(4-2)15-11-18-14(10-19-15)16(22)20-9-12-7-5-6-8-13(12)17/h5-8,10-11H,3-4,9H2,1-2H3,(H,20,22). The van der Waals surface area contributed by atoms with Gasteiger partial charge in [-0.2, -0.15) is 0 Å². The average Bonchev–Trinajstić information content (AvgIpc) is 2.55. The third-order valence-electron chi connectivity index (χ3n) is 3.36. The Morgan fingerprint density at radius 2 is 1.91 bits per heavy atom. The van der Waals surface area contributed by atoms with E-state index in [0.29, 0.717) is 17.3 Å². The molecule has 2 rings (SSSR count). The predicted octanol–water partition coefficient (Wildman–Crippen LogP) is 2.91. The highest BCUT2D eigenvalue weighted by atomic mass is 35.5. The molecule has 0 spiro atoms. The minimum absolute atomic E-state index is 0.265. The van der Waals surface area contributed by atoms with Crippen LogP contribution in [0.4, 0.5) is 5.82 Å². The molecule has 0 unspecified atom stereocenters. The van der Waals surface area contributed by atoms with Crippen LogP contribution in [0.25, 0.3) is 0 Å². The zero-order chi connectivity index (χ0) is 15.9. The molecule has 6 heteroatoms. The molecule has 1 N–H and O–H groups in total. The van der Waals surface area contributed by atoms with Crippen molar-refractivity contribution in [2.45, 2.75) is 20.4 Å². The van der Waals surface area contributed by atoms with Crippen LogP contribution in [0, 0.1) is 0 Å². The molecule has 0 fully saturated rings. The third-order valence-corrected chi connectivity index (χ3v) is 3.72. The average molecular weight is 319 g/mol. The molecule has 0 radical (unpaired) electrons. The predicted molar refractivity (Wildman–Crippen MR) is 88.2 cm³/mol. The lowest BCUT2D eigenvalue weighted by molar-refractivity contribution is 0.0945. The topological polar surface area (TPSA) is 58.1 Å². The smallest absolute Gasteiger partial charge is 0.271 e. The second-order valence-electron chi connectivity index (χ2n) is 4.71. The van der Waals surface area contributed by atoms with Crippen molar-refractivity contribution < 1.29 is 4.79 Å². The minimum atomic E-state index is -0.265. The number of halogens is 1. The van der Waals surface area contributed by atoms with Crippen molar-refractivity contribution in [3.63, 3.8) is 0 Å². The Morgan fingerprint density at radius 1 is 1.18 bits per heavy atom. The van der Waals surface area contributed by atoms with Gasteiger partial charge in [0.1, 0.15) is 11.5 Å². The Kier molecular flexibility index (Phi) is 5.72. The van der Waals surface area contributed by atoms with Crippen LogP contribution >= 0.6 is 11.6 Å². The highest BCUT2D eigenvalue weighted by molar-refractivity contribution is 6.31. The van der Waals surface area contributed by atoms with Gasteiger partial charge in [-0.1, -0.05) is 29.8 Å². The number of hydrogen-bond donors (Lipinski definition) is 1. The maximum absolute atomic E-state index is 12.1. The summed E-state index contributed by atoms with van der Waals surface area (Å²) in [5, 5.41) is 3.42. The molecule has 0 bridgehead atoms. The van der Waals surface area contributed by atoms with Crippen LogP contribution in [0.1, 0.15) is 29.9 Å². The number of hydrogen-bond acceptors (Lipinski definition) is 4. The molecule has 1 aromatic carbocycles. The first-order valence-corrected chi connectivity index (χ1v) is 7.62. The fourth-order valence-corrected chi connectivity index (χ4v) is 2.26. The molecule has 116 valence electrons. The SMILES string of the molecule is CCN(CC)c1cnc(C(=O)NCc2ccccc2Cl)cn1. The van der Waals surface area contributed by atoms with Gasteiger partial charge < -0.3 is 10.2 Å². The zero-order valence-corrected chi connectivity index (χ0v) is 13.5. The molecular weight excluding hydrogens is 300 g/mol. The van der Waals surface area contributed by atoms with E-state index >= 15 is 0 Å². The first-order chi connectivity index (χ1) is 10.7. The lowest BCUT2D eigenvalue weighted by Gasteiger charge is -2.18. The molecule has 0 saturated heterocycles. The Morgan fingerprint density at radius 3 is 2.50 bits per heavy atom. The molecule has 1 heterocycles. The molecule has 2 aromatic rings. The zero-order valence-electron chi connectivity index (χ0n) is 12.7. The molecule has 22 heavy (non-hydrogen) atoms. The van der Waals surface area contributed by atoms with E-state index in [0.717, 1.165) is 24.5 Å². The lowest BCUT2D eigenvalue weighted by atomic mass is 10.2. The summed E-state index contributed by atoms with van der Waals surface area (Å²) in [4.78, 5) is 22.6. The molecule has 0 saturated carbocycles. The summed E-state index contributed by atoms with van der Waals surface area (Å²) < 4.78 is 0. The molecule has 1 aromatic heterocycles. The number of aromatic nitrogens is 2. The lowest BCUT2D eigenvalue weighted by Crippen LogP contribution is -2.26. The van der Waals surface area contributed by atoms with Gasteiger partial charge >= 0.3 is 0 Å². The van der Waals surface area contributed by atoms with Crippen molar-refractivity contribution in [1.82, 2.24) is 15.3 Å². The maximum Gasteiger partial charge on any atom is 0.271 e. The van der Waals surface area contributed by atoms with Gasteiger partial charge in [-0.25, -0.2) is 9.97 Å². The van der Waals surface area contributed by atoms with Gasteiger partial charge in [0.25, 0.3) is 5.91 Å². The van der Waals surface area contributed by atoms with Gasteiger partial charge in [0.05, 0.1) is 12.4 Å². The van der Waals surface area contributed by atoms with Gasteiger partial charge in [0.2, 0.25) is 0 Å². The molecule has 0 aliphatic heterocycles. The monoisotopic (exact) mass is 318 g/mol. The number of carbonyl (C=O) groups is 1. The normalized spacial score (nSPS) is 10.3. The number of benzene rings is 1. The second-order valence-corrected chi connectivity index (χ2v) is 5.11. The van der Waals surface area contributed by atoms with E-state index in [9.17, 15) is 4.79 Å². The molecule has 0 aliphatic carbocycles. The van der Waals surface area contributed by atoms with Crippen LogP contribution < -0.4 is 10.2 Å². The highest BCUT2D eigenvalue weighted by Gasteiger charge is 2.10. The van der Waals surface area contributed by atoms with E-state index in [1.165, 1.54) is 6.20 Å². The fourth-order valence-electron chi connectivity index (χ4n) is 2.06. The quantitative estimate of drug-likeness (QED) is 0.889. The summed E-state index contributed by atoms with van der Waals surface area (Å²) in [5.74, 6) is 0.506. The Labute approximate surface area is 135 Å². The number of rotatable bonds is 6. The van der Waals surface area contributed by atoms with E-state index in [1.54, 1.807) is 12.3 Å². The van der Waals surface area contributed by atoms with E-state index < -0.39 is 0 Å². The van der Waals surface area contributed by atoms with Crippen molar-refractivity contribution in [1.29, 1.82) is 0 Å². The van der Waals surface area contributed by atoms with Crippen LogP contribution in [0.5, 0.6) is 0 Å². The second kappa shape index (κ2) is 7.75. The van der Waals surface area contributed by atoms with Crippen LogP contribution in [0.15, 0.2) is 36.7 Å². The van der Waals surface area contributed by atoms with E-state index in [-0.39, 0.29) is 5.91 Å². The molecule has 0 aliphatic rings. The van der Waals surface area contributed by atoms with E-state index in [4.69, 9.17) is 11.6 Å². The first kappa shape index (κ1) is 16.2. The fraction of sp³-hybridized carbons (Fsp3) is 0.312. The van der Waals surface area contributed by atoms with Gasteiger partial charge in [-0.15, -0.1) is 0 Å². The number of nitrogens with one attached hydrogen (secondary N) is 1. The maximum atomic E-state index is 12.1. The largest absolute Gasteiger partial charge is 0.356 e. The van der Waals surface area contributed by atoms with Crippen molar-refractivity contribution in [2.24, 2.45) is 0 Å². The van der Waals surface area contributed by atoms with Crippen LogP contribution in [-0.4, -0.2) is 29.0 Å². The van der Waals surface area contributed by atoms with Crippen LogP contribution in [0.2, 0.25) is 5.02 Å².